The van der Waals surface area contributed by atoms with E-state index in [0.29, 0.717) is 17.8 Å². The van der Waals surface area contributed by atoms with Crippen LogP contribution in [0.15, 0.2) is 18.2 Å². The molecular formula is C18H23O5P-2. The number of phosphoric acid groups is 1. The molecule has 3 aliphatic carbocycles. The molecule has 2 saturated carbocycles. The molecule has 2 fully saturated rings. The molecule has 132 valence electrons. The molecule has 1 N–H and O–H groups in total. The molecule has 24 heavy (non-hydrogen) atoms. The van der Waals surface area contributed by atoms with Crippen molar-refractivity contribution in [2.24, 2.45) is 17.3 Å². The van der Waals surface area contributed by atoms with E-state index in [9.17, 15) is 19.5 Å². The van der Waals surface area contributed by atoms with Gasteiger partial charge in [-0.15, -0.1) is 0 Å². The fourth-order valence-electron chi connectivity index (χ4n) is 5.72. The summed E-state index contributed by atoms with van der Waals surface area (Å²) < 4.78 is 15.3. The minimum Gasteiger partial charge on any atom is -0.780 e. The first kappa shape index (κ1) is 16.6. The van der Waals surface area contributed by atoms with E-state index in [4.69, 9.17) is 0 Å². The first-order valence-electron chi connectivity index (χ1n) is 8.80. The van der Waals surface area contributed by atoms with E-state index in [1.165, 1.54) is 5.56 Å². The van der Waals surface area contributed by atoms with Crippen LogP contribution in [-0.4, -0.2) is 11.2 Å². The number of fused-ring (bicyclic) bond motifs is 5. The number of rotatable bonds is 2. The number of aliphatic hydroxyl groups excluding tert-OH is 1. The molecular weight excluding hydrogens is 327 g/mol. The van der Waals surface area contributed by atoms with E-state index in [2.05, 4.69) is 11.4 Å². The van der Waals surface area contributed by atoms with E-state index >= 15 is 0 Å². The van der Waals surface area contributed by atoms with Crippen LogP contribution in [-0.2, 0) is 11.0 Å². The number of benzene rings is 1. The van der Waals surface area contributed by atoms with Crippen LogP contribution in [0.5, 0.6) is 5.75 Å². The number of hydrogen-bond donors (Lipinski definition) is 1. The number of aryl methyl sites for hydroxylation is 1. The van der Waals surface area contributed by atoms with Gasteiger partial charge in [0.15, 0.2) is 0 Å². The molecule has 0 heterocycles. The number of phosphoric ester groups is 1. The van der Waals surface area contributed by atoms with Gasteiger partial charge in [0.05, 0.1) is 6.10 Å². The van der Waals surface area contributed by atoms with E-state index in [1.54, 1.807) is 12.1 Å². The van der Waals surface area contributed by atoms with E-state index in [1.807, 2.05) is 6.07 Å². The van der Waals surface area contributed by atoms with Crippen LogP contribution in [0.2, 0.25) is 0 Å². The minimum absolute atomic E-state index is 0.0550. The second-order valence-corrected chi connectivity index (χ2v) is 9.03. The van der Waals surface area contributed by atoms with Crippen LogP contribution in [0.4, 0.5) is 0 Å². The highest BCUT2D eigenvalue weighted by Crippen LogP contribution is 2.61. The summed E-state index contributed by atoms with van der Waals surface area (Å²) in [5.41, 5.74) is 2.43. The Balaban J connectivity index is 1.62. The van der Waals surface area contributed by atoms with Gasteiger partial charge in [-0.25, -0.2) is 0 Å². The Morgan fingerprint density at radius 2 is 2.04 bits per heavy atom. The van der Waals surface area contributed by atoms with Crippen molar-refractivity contribution in [3.63, 3.8) is 0 Å². The fourth-order valence-corrected chi connectivity index (χ4v) is 6.09. The molecule has 1 aromatic carbocycles. The maximum absolute atomic E-state index is 10.8. The lowest BCUT2D eigenvalue weighted by Crippen LogP contribution is -2.43. The third-order valence-corrected chi connectivity index (χ3v) is 7.30. The summed E-state index contributed by atoms with van der Waals surface area (Å²) in [7, 11) is -5.01. The first-order valence-corrected chi connectivity index (χ1v) is 10.3. The lowest BCUT2D eigenvalue weighted by atomic mass is 9.55. The molecule has 0 saturated heterocycles. The lowest BCUT2D eigenvalue weighted by Gasteiger charge is -2.50. The van der Waals surface area contributed by atoms with Gasteiger partial charge in [0.2, 0.25) is 0 Å². The molecule has 0 radical (unpaired) electrons. The summed E-state index contributed by atoms with van der Waals surface area (Å²) >= 11 is 0. The van der Waals surface area contributed by atoms with Crippen LogP contribution >= 0.6 is 7.82 Å². The minimum atomic E-state index is -5.01. The van der Waals surface area contributed by atoms with Crippen molar-refractivity contribution in [3.05, 3.63) is 29.3 Å². The van der Waals surface area contributed by atoms with Crippen molar-refractivity contribution in [2.75, 3.05) is 0 Å². The topological polar surface area (TPSA) is 92.7 Å². The summed E-state index contributed by atoms with van der Waals surface area (Å²) in [5, 5.41) is 10.4. The van der Waals surface area contributed by atoms with Crippen molar-refractivity contribution in [3.8, 4) is 5.75 Å². The first-order chi connectivity index (χ1) is 11.3. The van der Waals surface area contributed by atoms with Crippen molar-refractivity contribution in [2.45, 2.75) is 57.5 Å². The SMILES string of the molecule is C[C@]12CC[C@@H]3c4ccc(OP(=O)([O-])[O-])cc4CC[C@H]3[C@@H]1CC[C@@H]2O. The molecule has 3 aliphatic rings. The van der Waals surface area contributed by atoms with Crippen LogP contribution in [0.3, 0.4) is 0 Å². The average Bonchev–Trinajstić information content (AvgIpc) is 2.81. The predicted octanol–water partition coefficient (Wildman–Crippen LogP) is 2.11. The molecule has 0 unspecified atom stereocenters. The average molecular weight is 350 g/mol. The number of aliphatic hydroxyl groups is 1. The quantitative estimate of drug-likeness (QED) is 0.825. The second kappa shape index (κ2) is 5.57. The Morgan fingerprint density at radius 1 is 1.25 bits per heavy atom. The van der Waals surface area contributed by atoms with Gasteiger partial charge in [-0.1, -0.05) is 13.0 Å². The van der Waals surface area contributed by atoms with Crippen molar-refractivity contribution in [1.29, 1.82) is 0 Å². The van der Waals surface area contributed by atoms with Crippen LogP contribution in [0.25, 0.3) is 0 Å². The maximum atomic E-state index is 10.8. The maximum Gasteiger partial charge on any atom is 0.124 e. The van der Waals surface area contributed by atoms with Crippen LogP contribution < -0.4 is 14.3 Å². The monoisotopic (exact) mass is 350 g/mol. The zero-order chi connectivity index (χ0) is 17.1. The summed E-state index contributed by atoms with van der Waals surface area (Å²) in [6, 6.07) is 5.25. The van der Waals surface area contributed by atoms with Crippen LogP contribution in [0.1, 0.15) is 56.1 Å². The summed E-state index contributed by atoms with van der Waals surface area (Å²) in [4.78, 5) is 21.6. The smallest absolute Gasteiger partial charge is 0.124 e. The molecule has 0 spiro atoms. The Kier molecular flexibility index (Phi) is 3.85. The molecule has 0 aromatic heterocycles. The van der Waals surface area contributed by atoms with Gasteiger partial charge in [-0.05, 0) is 85.0 Å². The van der Waals surface area contributed by atoms with Gasteiger partial charge in [-0.2, -0.15) is 0 Å². The lowest BCUT2D eigenvalue weighted by molar-refractivity contribution is -0.333. The van der Waals surface area contributed by atoms with E-state index in [-0.39, 0.29) is 17.3 Å². The fraction of sp³-hybridized carbons (Fsp3) is 0.667. The van der Waals surface area contributed by atoms with Crippen LogP contribution in [0, 0.1) is 17.3 Å². The van der Waals surface area contributed by atoms with Gasteiger partial charge in [0, 0.05) is 0 Å². The Hall–Kier alpha value is -0.870. The standard InChI is InChI=1S/C18H25O5P/c1-18-9-8-14-13-5-3-12(23-24(20,21)22)10-11(13)2-4-15(14)16(18)6-7-17(18)19/h3,5,10,14-17,19H,2,4,6-9H2,1H3,(H2,20,21,22)/p-2/t14-,15-,16+,17+,18+/m1/s1. The van der Waals surface area contributed by atoms with Gasteiger partial charge in [-0.3, -0.25) is 0 Å². The number of hydrogen-bond acceptors (Lipinski definition) is 5. The van der Waals surface area contributed by atoms with E-state index < -0.39 is 7.82 Å². The van der Waals surface area contributed by atoms with Gasteiger partial charge < -0.3 is 24.0 Å². The predicted molar refractivity (Wildman–Crippen MR) is 85.3 cm³/mol. The molecule has 0 aliphatic heterocycles. The third kappa shape index (κ3) is 2.62. The Morgan fingerprint density at radius 3 is 2.79 bits per heavy atom. The molecule has 1 aromatic rings. The molecule has 5 atom stereocenters. The molecule has 5 nitrogen and oxygen atoms in total. The summed E-state index contributed by atoms with van der Waals surface area (Å²) in [5.74, 6) is 1.75. The molecule has 4 rings (SSSR count). The largest absolute Gasteiger partial charge is 0.780 e. The highest BCUT2D eigenvalue weighted by atomic mass is 31.2. The third-order valence-electron chi connectivity index (χ3n) is 6.87. The van der Waals surface area contributed by atoms with Gasteiger partial charge in [0.25, 0.3) is 0 Å². The Labute approximate surface area is 142 Å². The van der Waals surface area contributed by atoms with Crippen molar-refractivity contribution < 1.29 is 24.0 Å². The second-order valence-electron chi connectivity index (χ2n) is 7.95. The molecule has 0 amide bonds. The summed E-state index contributed by atoms with van der Waals surface area (Å²) in [6.07, 6.45) is 5.86. The Bertz CT molecular complexity index is 699. The zero-order valence-electron chi connectivity index (χ0n) is 13.8. The zero-order valence-corrected chi connectivity index (χ0v) is 14.7. The van der Waals surface area contributed by atoms with Gasteiger partial charge >= 0.3 is 0 Å². The summed E-state index contributed by atoms with van der Waals surface area (Å²) in [6.45, 7) is 2.25. The van der Waals surface area contributed by atoms with Gasteiger partial charge in [0.1, 0.15) is 13.6 Å². The highest BCUT2D eigenvalue weighted by molar-refractivity contribution is 7.43. The molecule has 0 bridgehead atoms. The van der Waals surface area contributed by atoms with E-state index in [0.717, 1.165) is 44.1 Å². The van der Waals surface area contributed by atoms with Crippen molar-refractivity contribution >= 4 is 7.82 Å². The molecule has 6 heteroatoms. The highest BCUT2D eigenvalue weighted by Gasteiger charge is 2.54. The van der Waals surface area contributed by atoms with Crippen molar-refractivity contribution in [1.82, 2.24) is 0 Å². The normalized spacial score (nSPS) is 38.2.